The second-order valence-electron chi connectivity index (χ2n) is 6.54. The van der Waals surface area contributed by atoms with Crippen LogP contribution in [0.15, 0.2) is 30.5 Å². The van der Waals surface area contributed by atoms with E-state index >= 15 is 0 Å². The summed E-state index contributed by atoms with van der Waals surface area (Å²) in [7, 11) is 3.93. The van der Waals surface area contributed by atoms with Crippen LogP contribution in [0.2, 0.25) is 5.02 Å². The fourth-order valence-electron chi connectivity index (χ4n) is 2.98. The number of nitrogens with zero attached hydrogens (tertiary/aromatic N) is 4. The number of thiazole rings is 1. The molecule has 1 aliphatic rings. The zero-order valence-corrected chi connectivity index (χ0v) is 16.6. The normalized spacial score (nSPS) is 12.1. The zero-order chi connectivity index (χ0) is 19.0. The number of benzene rings is 1. The van der Waals surface area contributed by atoms with Crippen molar-refractivity contribution in [2.75, 3.05) is 32.5 Å². The van der Waals surface area contributed by atoms with Crippen LogP contribution in [0.3, 0.4) is 0 Å². The van der Waals surface area contributed by atoms with Crippen molar-refractivity contribution in [1.29, 1.82) is 0 Å². The van der Waals surface area contributed by atoms with Gasteiger partial charge in [0.1, 0.15) is 0 Å². The molecule has 2 heterocycles. The summed E-state index contributed by atoms with van der Waals surface area (Å²) in [6.45, 7) is 1.36. The molecule has 2 N–H and O–H groups in total. The standard InChI is InChI=1S/C18H19ClN6OS/c1-24(2)8-7-20-17(26)23-18-22-13-9-11-10-21-25(15(11)16(13)27-18)14-6-4-3-5-12(14)19/h3-6,10H,7-9H2,1-2H3,(H2,20,22,23,26). The number of halogens is 1. The number of carbonyl (C=O) groups is 1. The van der Waals surface area contributed by atoms with Crippen molar-refractivity contribution in [1.82, 2.24) is 25.0 Å². The molecule has 2 aromatic heterocycles. The van der Waals surface area contributed by atoms with E-state index in [0.29, 0.717) is 23.1 Å². The van der Waals surface area contributed by atoms with Crippen LogP contribution in [0.1, 0.15) is 11.3 Å². The predicted octanol–water partition coefficient (Wildman–Crippen LogP) is 3.24. The zero-order valence-electron chi connectivity index (χ0n) is 15.0. The Hall–Kier alpha value is -2.42. The van der Waals surface area contributed by atoms with Crippen LogP contribution in [0.4, 0.5) is 9.93 Å². The van der Waals surface area contributed by atoms with E-state index in [1.54, 1.807) is 0 Å². The summed E-state index contributed by atoms with van der Waals surface area (Å²) in [5, 5.41) is 11.4. The number of aromatic nitrogens is 3. The third kappa shape index (κ3) is 3.55. The van der Waals surface area contributed by atoms with Crippen LogP contribution in [0, 0.1) is 0 Å². The Morgan fingerprint density at radius 1 is 1.37 bits per heavy atom. The number of fused-ring (bicyclic) bond motifs is 3. The van der Waals surface area contributed by atoms with Crippen molar-refractivity contribution >= 4 is 34.1 Å². The average molecular weight is 403 g/mol. The maximum Gasteiger partial charge on any atom is 0.321 e. The summed E-state index contributed by atoms with van der Waals surface area (Å²) in [5.74, 6) is 0. The number of nitrogens with one attached hydrogen (secondary N) is 2. The largest absolute Gasteiger partial charge is 0.337 e. The van der Waals surface area contributed by atoms with Crippen LogP contribution < -0.4 is 10.6 Å². The van der Waals surface area contributed by atoms with Crippen molar-refractivity contribution in [3.05, 3.63) is 46.7 Å². The summed E-state index contributed by atoms with van der Waals surface area (Å²) < 4.78 is 1.85. The minimum atomic E-state index is -0.246. The highest BCUT2D eigenvalue weighted by Gasteiger charge is 2.29. The van der Waals surface area contributed by atoms with Crippen molar-refractivity contribution in [2.45, 2.75) is 6.42 Å². The van der Waals surface area contributed by atoms with Gasteiger partial charge >= 0.3 is 6.03 Å². The summed E-state index contributed by atoms with van der Waals surface area (Å²) >= 11 is 7.80. The first kappa shape index (κ1) is 18.0. The van der Waals surface area contributed by atoms with Crippen LogP contribution in [-0.4, -0.2) is 52.9 Å². The molecule has 0 spiro atoms. The van der Waals surface area contributed by atoms with Gasteiger partial charge in [0.05, 0.1) is 33.2 Å². The number of urea groups is 1. The fourth-order valence-corrected chi connectivity index (χ4v) is 4.24. The first-order chi connectivity index (χ1) is 13.0. The molecule has 0 bridgehead atoms. The highest BCUT2D eigenvalue weighted by molar-refractivity contribution is 7.19. The summed E-state index contributed by atoms with van der Waals surface area (Å²) in [4.78, 5) is 19.6. The smallest absolute Gasteiger partial charge is 0.321 e. The van der Waals surface area contributed by atoms with Gasteiger partial charge in [-0.05, 0) is 26.2 Å². The second-order valence-corrected chi connectivity index (χ2v) is 7.94. The molecule has 27 heavy (non-hydrogen) atoms. The van der Waals surface area contributed by atoms with Crippen LogP contribution >= 0.6 is 22.9 Å². The van der Waals surface area contributed by atoms with E-state index < -0.39 is 0 Å². The Morgan fingerprint density at radius 2 is 2.19 bits per heavy atom. The molecular formula is C18H19ClN6OS. The molecule has 0 radical (unpaired) electrons. The van der Waals surface area contributed by atoms with Gasteiger partial charge in [0.15, 0.2) is 5.13 Å². The van der Waals surface area contributed by atoms with Gasteiger partial charge in [-0.2, -0.15) is 5.10 Å². The molecule has 4 rings (SSSR count). The first-order valence-corrected chi connectivity index (χ1v) is 9.74. The highest BCUT2D eigenvalue weighted by Crippen LogP contribution is 2.43. The predicted molar refractivity (Wildman–Crippen MR) is 108 cm³/mol. The number of likely N-dealkylation sites (N-methyl/N-ethyl adjacent to an activating group) is 1. The summed E-state index contributed by atoms with van der Waals surface area (Å²) in [6, 6.07) is 7.36. The SMILES string of the molecule is CN(C)CCNC(=O)Nc1nc2c(s1)-c1c(cnn1-c1ccccc1Cl)C2. The van der Waals surface area contributed by atoms with Crippen LogP contribution in [0.5, 0.6) is 0 Å². The van der Waals surface area contributed by atoms with Gasteiger partial charge < -0.3 is 10.2 Å². The number of carbonyl (C=O) groups excluding carboxylic acids is 1. The van der Waals surface area contributed by atoms with Gasteiger partial charge in [-0.1, -0.05) is 35.1 Å². The number of rotatable bonds is 5. The summed E-state index contributed by atoms with van der Waals surface area (Å²) in [5.41, 5.74) is 3.90. The fraction of sp³-hybridized carbons (Fsp3) is 0.278. The van der Waals surface area contributed by atoms with Gasteiger partial charge in [-0.3, -0.25) is 5.32 Å². The molecule has 1 aromatic carbocycles. The lowest BCUT2D eigenvalue weighted by molar-refractivity contribution is 0.250. The Balaban J connectivity index is 1.55. The quantitative estimate of drug-likeness (QED) is 0.537. The lowest BCUT2D eigenvalue weighted by Gasteiger charge is -2.10. The Kier molecular flexibility index (Phi) is 4.86. The molecule has 0 saturated heterocycles. The Labute approximate surface area is 166 Å². The van der Waals surface area contributed by atoms with Gasteiger partial charge in [0.2, 0.25) is 0 Å². The maximum atomic E-state index is 12.0. The van der Waals surface area contributed by atoms with Crippen molar-refractivity contribution in [3.8, 4) is 16.3 Å². The topological polar surface area (TPSA) is 75.1 Å². The molecule has 2 amide bonds. The molecule has 0 aliphatic heterocycles. The number of hydrogen-bond acceptors (Lipinski definition) is 5. The van der Waals surface area contributed by atoms with Crippen molar-refractivity contribution < 1.29 is 4.79 Å². The van der Waals surface area contributed by atoms with E-state index in [0.717, 1.165) is 34.1 Å². The number of hydrogen-bond donors (Lipinski definition) is 2. The van der Waals surface area contributed by atoms with E-state index in [9.17, 15) is 4.79 Å². The van der Waals surface area contributed by atoms with Gasteiger partial charge in [0, 0.05) is 25.1 Å². The number of anilines is 1. The van der Waals surface area contributed by atoms with Crippen LogP contribution in [-0.2, 0) is 6.42 Å². The van der Waals surface area contributed by atoms with E-state index in [1.807, 2.05) is 54.1 Å². The first-order valence-electron chi connectivity index (χ1n) is 8.54. The summed E-state index contributed by atoms with van der Waals surface area (Å²) in [6.07, 6.45) is 2.56. The van der Waals surface area contributed by atoms with E-state index in [4.69, 9.17) is 11.6 Å². The highest BCUT2D eigenvalue weighted by atomic mass is 35.5. The molecular weight excluding hydrogens is 384 g/mol. The minimum Gasteiger partial charge on any atom is -0.337 e. The molecule has 9 heteroatoms. The Bertz CT molecular complexity index is 996. The molecule has 0 saturated carbocycles. The molecule has 0 unspecified atom stereocenters. The molecule has 140 valence electrons. The lowest BCUT2D eigenvalue weighted by Crippen LogP contribution is -2.34. The lowest BCUT2D eigenvalue weighted by atomic mass is 10.2. The van der Waals surface area contributed by atoms with E-state index in [-0.39, 0.29) is 6.03 Å². The molecule has 0 fully saturated rings. The molecule has 3 aromatic rings. The molecule has 0 atom stereocenters. The van der Waals surface area contributed by atoms with Gasteiger partial charge in [0.25, 0.3) is 0 Å². The average Bonchev–Trinajstić information content (AvgIpc) is 3.26. The number of para-hydroxylation sites is 1. The third-order valence-electron chi connectivity index (χ3n) is 4.26. The molecule has 7 nitrogen and oxygen atoms in total. The number of amides is 2. The maximum absolute atomic E-state index is 12.0. The van der Waals surface area contributed by atoms with Gasteiger partial charge in [-0.25, -0.2) is 14.5 Å². The minimum absolute atomic E-state index is 0.246. The monoisotopic (exact) mass is 402 g/mol. The van der Waals surface area contributed by atoms with E-state index in [2.05, 4.69) is 20.7 Å². The third-order valence-corrected chi connectivity index (χ3v) is 5.60. The van der Waals surface area contributed by atoms with Crippen LogP contribution in [0.25, 0.3) is 16.3 Å². The second kappa shape index (κ2) is 7.30. The Morgan fingerprint density at radius 3 is 2.96 bits per heavy atom. The molecule has 1 aliphatic carbocycles. The van der Waals surface area contributed by atoms with Gasteiger partial charge in [-0.15, -0.1) is 0 Å². The van der Waals surface area contributed by atoms with Crippen molar-refractivity contribution in [3.63, 3.8) is 0 Å². The van der Waals surface area contributed by atoms with E-state index in [1.165, 1.54) is 11.3 Å². The van der Waals surface area contributed by atoms with Crippen molar-refractivity contribution in [2.24, 2.45) is 0 Å².